The van der Waals surface area contributed by atoms with Crippen LogP contribution in [-0.2, 0) is 6.61 Å². The van der Waals surface area contributed by atoms with Crippen LogP contribution in [0.4, 0.5) is 4.39 Å². The molecule has 0 saturated carbocycles. The summed E-state index contributed by atoms with van der Waals surface area (Å²) in [4.78, 5) is 0. The van der Waals surface area contributed by atoms with E-state index in [0.717, 1.165) is 11.1 Å². The first-order valence-electron chi connectivity index (χ1n) is 10.4. The van der Waals surface area contributed by atoms with Crippen LogP contribution in [0.5, 0.6) is 11.6 Å². The Morgan fingerprint density at radius 1 is 1.09 bits per heavy atom. The number of H-pyrrole nitrogens is 1. The molecule has 1 unspecified atom stereocenters. The number of nitriles is 1. The number of aromatic nitrogens is 2. The summed E-state index contributed by atoms with van der Waals surface area (Å²) in [5, 5.41) is 17.8. The molecule has 0 spiro atoms. The molecule has 0 amide bonds. The highest BCUT2D eigenvalue weighted by atomic mass is 35.5. The van der Waals surface area contributed by atoms with Gasteiger partial charge in [-0.15, -0.1) is 5.10 Å². The number of halogens is 2. The summed E-state index contributed by atoms with van der Waals surface area (Å²) < 4.78 is 25.3. The van der Waals surface area contributed by atoms with E-state index in [4.69, 9.17) is 26.8 Å². The zero-order chi connectivity index (χ0) is 23.7. The number of aromatic amines is 1. The van der Waals surface area contributed by atoms with Gasteiger partial charge in [-0.1, -0.05) is 54.1 Å². The maximum atomic E-state index is 13.9. The molecule has 3 aromatic carbocycles. The summed E-state index contributed by atoms with van der Waals surface area (Å²) in [6.07, 6.45) is 0. The predicted octanol–water partition coefficient (Wildman–Crippen LogP) is 5.67. The van der Waals surface area contributed by atoms with Gasteiger partial charge >= 0.3 is 0 Å². The lowest BCUT2D eigenvalue weighted by molar-refractivity contribution is 0.300. The summed E-state index contributed by atoms with van der Waals surface area (Å²) >= 11 is 6.04. The topological polar surface area (TPSA) is 97.0 Å². The van der Waals surface area contributed by atoms with E-state index in [2.05, 4.69) is 16.3 Å². The van der Waals surface area contributed by atoms with Crippen molar-refractivity contribution in [2.75, 3.05) is 0 Å². The Bertz CT molecular complexity index is 1420. The molecule has 1 aromatic heterocycles. The van der Waals surface area contributed by atoms with Gasteiger partial charge in [-0.25, -0.2) is 4.39 Å². The van der Waals surface area contributed by atoms with Crippen LogP contribution in [0.2, 0.25) is 5.02 Å². The second kappa shape index (κ2) is 8.93. The third kappa shape index (κ3) is 3.96. The Morgan fingerprint density at radius 2 is 1.82 bits per heavy atom. The highest BCUT2D eigenvalue weighted by molar-refractivity contribution is 6.30. The van der Waals surface area contributed by atoms with Gasteiger partial charge in [-0.3, -0.25) is 5.10 Å². The number of nitrogens with one attached hydrogen (secondary N) is 1. The van der Waals surface area contributed by atoms with Crippen molar-refractivity contribution >= 4 is 11.6 Å². The smallest absolute Gasteiger partial charge is 0.244 e. The van der Waals surface area contributed by atoms with Gasteiger partial charge in [0.15, 0.2) is 0 Å². The highest BCUT2D eigenvalue weighted by Crippen LogP contribution is 2.45. The van der Waals surface area contributed by atoms with E-state index in [9.17, 15) is 9.65 Å². The SMILES string of the molecule is N#CC1=C(N)Oc2n[nH]c(-c3ccc(Cl)cc3)c2C1c1ccc(OCc2ccccc2F)cc1. The Balaban J connectivity index is 1.49. The van der Waals surface area contributed by atoms with Crippen molar-refractivity contribution in [2.45, 2.75) is 12.5 Å². The summed E-state index contributed by atoms with van der Waals surface area (Å²) in [6, 6.07) is 23.2. The maximum Gasteiger partial charge on any atom is 0.244 e. The van der Waals surface area contributed by atoms with Crippen LogP contribution < -0.4 is 15.2 Å². The first kappa shape index (κ1) is 21.6. The van der Waals surface area contributed by atoms with E-state index in [1.54, 1.807) is 42.5 Å². The first-order chi connectivity index (χ1) is 16.5. The molecule has 0 fully saturated rings. The van der Waals surface area contributed by atoms with Gasteiger partial charge in [-0.05, 0) is 35.9 Å². The summed E-state index contributed by atoms with van der Waals surface area (Å²) in [6.45, 7) is 0.103. The number of nitrogens with zero attached hydrogens (tertiary/aromatic N) is 2. The van der Waals surface area contributed by atoms with Crippen molar-refractivity contribution in [1.82, 2.24) is 10.2 Å². The molecular weight excluding hydrogens is 455 g/mol. The van der Waals surface area contributed by atoms with E-state index in [-0.39, 0.29) is 23.9 Å². The fraction of sp³-hybridized carbons (Fsp3) is 0.0769. The van der Waals surface area contributed by atoms with Crippen LogP contribution >= 0.6 is 11.6 Å². The Labute approximate surface area is 200 Å². The molecule has 34 heavy (non-hydrogen) atoms. The maximum absolute atomic E-state index is 13.9. The number of ether oxygens (including phenoxy) is 2. The van der Waals surface area contributed by atoms with Gasteiger partial charge < -0.3 is 15.2 Å². The third-order valence-corrected chi connectivity index (χ3v) is 5.89. The summed E-state index contributed by atoms with van der Waals surface area (Å²) in [7, 11) is 0. The molecule has 0 aliphatic carbocycles. The molecule has 4 aromatic rings. The normalized spacial score (nSPS) is 14.8. The van der Waals surface area contributed by atoms with E-state index in [1.807, 2.05) is 24.3 Å². The van der Waals surface area contributed by atoms with Gasteiger partial charge in [-0.2, -0.15) is 5.26 Å². The van der Waals surface area contributed by atoms with Crippen LogP contribution in [0.3, 0.4) is 0 Å². The Kier molecular flexibility index (Phi) is 5.66. The second-order valence-electron chi connectivity index (χ2n) is 7.70. The summed E-state index contributed by atoms with van der Waals surface area (Å²) in [5.74, 6) is 0.0711. The van der Waals surface area contributed by atoms with Crippen molar-refractivity contribution in [3.8, 4) is 29.0 Å². The van der Waals surface area contributed by atoms with Crippen molar-refractivity contribution in [3.05, 3.63) is 112 Å². The largest absolute Gasteiger partial charge is 0.489 e. The number of benzene rings is 3. The molecule has 1 aliphatic rings. The van der Waals surface area contributed by atoms with Crippen LogP contribution in [0.1, 0.15) is 22.6 Å². The van der Waals surface area contributed by atoms with Crippen molar-refractivity contribution in [2.24, 2.45) is 5.73 Å². The van der Waals surface area contributed by atoms with E-state index in [1.165, 1.54) is 6.07 Å². The third-order valence-electron chi connectivity index (χ3n) is 5.64. The van der Waals surface area contributed by atoms with Crippen molar-refractivity contribution in [1.29, 1.82) is 5.26 Å². The standard InChI is InChI=1S/C26H18ClFN4O2/c27-18-9-5-16(6-10-18)24-23-22(20(13-29)25(30)34-26(23)32-31-24)15-7-11-19(12-8-15)33-14-17-3-1-2-4-21(17)28/h1-12,22H,14,30H2,(H,31,32). The molecule has 0 saturated heterocycles. The predicted molar refractivity (Wildman–Crippen MR) is 126 cm³/mol. The zero-order valence-electron chi connectivity index (χ0n) is 17.8. The molecule has 0 radical (unpaired) electrons. The molecule has 0 bridgehead atoms. The van der Waals surface area contributed by atoms with Gasteiger partial charge in [0.05, 0.1) is 17.2 Å². The van der Waals surface area contributed by atoms with E-state index >= 15 is 0 Å². The highest BCUT2D eigenvalue weighted by Gasteiger charge is 2.35. The number of allylic oxidation sites excluding steroid dienone is 1. The Hall–Kier alpha value is -4.28. The molecular formula is C26H18ClFN4O2. The molecule has 1 atom stereocenters. The number of hydrogen-bond donors (Lipinski definition) is 2. The van der Waals surface area contributed by atoms with Gasteiger partial charge in [0.1, 0.15) is 29.8 Å². The van der Waals surface area contributed by atoms with Gasteiger partial charge in [0.25, 0.3) is 0 Å². The molecule has 3 N–H and O–H groups in total. The molecule has 2 heterocycles. The minimum atomic E-state index is -0.501. The molecule has 8 heteroatoms. The van der Waals surface area contributed by atoms with Crippen LogP contribution in [0, 0.1) is 17.1 Å². The van der Waals surface area contributed by atoms with Crippen LogP contribution in [0.15, 0.2) is 84.3 Å². The van der Waals surface area contributed by atoms with Gasteiger partial charge in [0.2, 0.25) is 11.8 Å². The monoisotopic (exact) mass is 472 g/mol. The van der Waals surface area contributed by atoms with Gasteiger partial charge in [0, 0.05) is 16.1 Å². The number of rotatable bonds is 5. The minimum absolute atomic E-state index is 0.00837. The van der Waals surface area contributed by atoms with Crippen molar-refractivity contribution < 1.29 is 13.9 Å². The number of hydrogen-bond acceptors (Lipinski definition) is 5. The molecule has 6 nitrogen and oxygen atoms in total. The van der Waals surface area contributed by atoms with Crippen molar-refractivity contribution in [3.63, 3.8) is 0 Å². The van der Waals surface area contributed by atoms with Crippen LogP contribution in [0.25, 0.3) is 11.3 Å². The lowest BCUT2D eigenvalue weighted by Gasteiger charge is -2.24. The minimum Gasteiger partial charge on any atom is -0.489 e. The zero-order valence-corrected chi connectivity index (χ0v) is 18.5. The average Bonchev–Trinajstić information content (AvgIpc) is 3.27. The van der Waals surface area contributed by atoms with Crippen LogP contribution in [-0.4, -0.2) is 10.2 Å². The second-order valence-corrected chi connectivity index (χ2v) is 8.13. The fourth-order valence-corrected chi connectivity index (χ4v) is 4.07. The first-order valence-corrected chi connectivity index (χ1v) is 10.8. The molecule has 5 rings (SSSR count). The molecule has 168 valence electrons. The quantitative estimate of drug-likeness (QED) is 0.390. The summed E-state index contributed by atoms with van der Waals surface area (Å²) in [5.41, 5.74) is 9.86. The fourth-order valence-electron chi connectivity index (χ4n) is 3.95. The molecule has 1 aliphatic heterocycles. The average molecular weight is 473 g/mol. The lowest BCUT2D eigenvalue weighted by atomic mass is 9.83. The van der Waals surface area contributed by atoms with E-state index in [0.29, 0.717) is 33.5 Å². The lowest BCUT2D eigenvalue weighted by Crippen LogP contribution is -2.21. The van der Waals surface area contributed by atoms with E-state index < -0.39 is 5.92 Å². The number of nitrogens with two attached hydrogens (primary N) is 1. The number of fused-ring (bicyclic) bond motifs is 1. The Morgan fingerprint density at radius 3 is 2.53 bits per heavy atom.